The van der Waals surface area contributed by atoms with Crippen LogP contribution in [0.1, 0.15) is 23.0 Å². The average Bonchev–Trinajstić information content (AvgIpc) is 3.07. The van der Waals surface area contributed by atoms with Crippen LogP contribution in [-0.2, 0) is 4.74 Å². The molecule has 1 heterocycles. The summed E-state index contributed by atoms with van der Waals surface area (Å²) in [5.41, 5.74) is 3.82. The Bertz CT molecular complexity index is 889. The van der Waals surface area contributed by atoms with Crippen molar-refractivity contribution >= 4 is 5.97 Å². The lowest BCUT2D eigenvalue weighted by atomic mass is 9.97. The summed E-state index contributed by atoms with van der Waals surface area (Å²) in [5, 5.41) is 10.4. The predicted molar refractivity (Wildman–Crippen MR) is 87.9 cm³/mol. The first kappa shape index (κ1) is 15.9. The summed E-state index contributed by atoms with van der Waals surface area (Å²) in [5.74, 6) is -0.830. The number of aromatic amines is 1. The first-order valence-corrected chi connectivity index (χ1v) is 7.55. The normalized spacial score (nSPS) is 10.6. The maximum atomic E-state index is 13.6. The second-order valence-electron chi connectivity index (χ2n) is 5.28. The van der Waals surface area contributed by atoms with Crippen molar-refractivity contribution in [1.29, 1.82) is 0 Å². The summed E-state index contributed by atoms with van der Waals surface area (Å²) in [4.78, 5) is 12.0. The highest BCUT2D eigenvalue weighted by atomic mass is 19.1. The van der Waals surface area contributed by atoms with Gasteiger partial charge in [-0.1, -0.05) is 24.3 Å². The predicted octanol–water partition coefficient (Wildman–Crippen LogP) is 3.76. The first-order valence-electron chi connectivity index (χ1n) is 7.55. The summed E-state index contributed by atoms with van der Waals surface area (Å²) >= 11 is 0. The largest absolute Gasteiger partial charge is 0.461 e. The zero-order chi connectivity index (χ0) is 17.1. The average molecular weight is 325 g/mol. The number of ether oxygens (including phenoxy) is 1. The number of H-pyrrole nitrogens is 1. The van der Waals surface area contributed by atoms with E-state index in [1.807, 2.05) is 31.2 Å². The number of halogens is 1. The van der Waals surface area contributed by atoms with Crippen LogP contribution in [0.15, 0.2) is 42.5 Å². The van der Waals surface area contributed by atoms with Gasteiger partial charge in [0.05, 0.1) is 6.61 Å². The number of esters is 1. The van der Waals surface area contributed by atoms with E-state index in [2.05, 4.69) is 15.4 Å². The summed E-state index contributed by atoms with van der Waals surface area (Å²) in [6.07, 6.45) is 0. The van der Waals surface area contributed by atoms with Gasteiger partial charge in [0.1, 0.15) is 11.5 Å². The van der Waals surface area contributed by atoms with Gasteiger partial charge in [0.15, 0.2) is 5.69 Å². The molecule has 24 heavy (non-hydrogen) atoms. The minimum Gasteiger partial charge on any atom is -0.461 e. The molecule has 0 saturated heterocycles. The molecule has 122 valence electrons. The number of rotatable bonds is 4. The highest BCUT2D eigenvalue weighted by Gasteiger charge is 2.19. The van der Waals surface area contributed by atoms with Crippen LogP contribution in [0, 0.1) is 12.7 Å². The second-order valence-corrected chi connectivity index (χ2v) is 5.28. The smallest absolute Gasteiger partial charge is 0.361 e. The fraction of sp³-hybridized carbons (Fsp3) is 0.167. The minimum absolute atomic E-state index is 0.130. The summed E-state index contributed by atoms with van der Waals surface area (Å²) in [6.45, 7) is 3.90. The van der Waals surface area contributed by atoms with Gasteiger partial charge in [-0.3, -0.25) is 0 Å². The molecule has 3 rings (SSSR count). The molecule has 5 nitrogen and oxygen atoms in total. The number of carbonyl (C=O) groups is 1. The van der Waals surface area contributed by atoms with Crippen molar-refractivity contribution in [3.05, 3.63) is 59.5 Å². The SMILES string of the molecule is CCOC(=O)c1n[nH]nc1-c1cccc(-c2cc(F)ccc2C)c1. The molecule has 2 aromatic carbocycles. The van der Waals surface area contributed by atoms with Crippen LogP contribution in [0.3, 0.4) is 0 Å². The Labute approximate surface area is 138 Å². The van der Waals surface area contributed by atoms with Crippen molar-refractivity contribution in [2.75, 3.05) is 6.61 Å². The summed E-state index contributed by atoms with van der Waals surface area (Å²) in [7, 11) is 0. The monoisotopic (exact) mass is 325 g/mol. The van der Waals surface area contributed by atoms with E-state index < -0.39 is 5.97 Å². The molecule has 0 aliphatic rings. The van der Waals surface area contributed by atoms with Crippen molar-refractivity contribution < 1.29 is 13.9 Å². The second kappa shape index (κ2) is 6.62. The standard InChI is InChI=1S/C18H16FN3O2/c1-3-24-18(23)17-16(20-22-21-17)13-6-4-5-12(9-13)15-10-14(19)8-7-11(15)2/h4-10H,3H2,1-2H3,(H,20,21,22). The number of nitrogens with zero attached hydrogens (tertiary/aromatic N) is 2. The maximum Gasteiger partial charge on any atom is 0.361 e. The molecule has 0 fully saturated rings. The van der Waals surface area contributed by atoms with E-state index in [0.717, 1.165) is 16.7 Å². The number of hydrogen-bond acceptors (Lipinski definition) is 4. The third-order valence-corrected chi connectivity index (χ3v) is 3.66. The van der Waals surface area contributed by atoms with Crippen LogP contribution in [0.25, 0.3) is 22.4 Å². The molecule has 3 aromatic rings. The molecule has 0 saturated carbocycles. The molecule has 0 amide bonds. The van der Waals surface area contributed by atoms with Crippen molar-refractivity contribution in [2.45, 2.75) is 13.8 Å². The first-order chi connectivity index (χ1) is 11.6. The van der Waals surface area contributed by atoms with Crippen LogP contribution < -0.4 is 0 Å². The molecule has 0 bridgehead atoms. The zero-order valence-corrected chi connectivity index (χ0v) is 13.3. The third-order valence-electron chi connectivity index (χ3n) is 3.66. The van der Waals surface area contributed by atoms with E-state index >= 15 is 0 Å². The Balaban J connectivity index is 2.05. The molecule has 6 heteroatoms. The molecule has 0 radical (unpaired) electrons. The number of nitrogens with one attached hydrogen (secondary N) is 1. The zero-order valence-electron chi connectivity index (χ0n) is 13.3. The molecule has 0 spiro atoms. The molecule has 0 unspecified atom stereocenters. The van der Waals surface area contributed by atoms with E-state index in [1.165, 1.54) is 12.1 Å². The van der Waals surface area contributed by atoms with Gasteiger partial charge in [-0.25, -0.2) is 9.18 Å². The van der Waals surface area contributed by atoms with Gasteiger partial charge in [-0.05, 0) is 48.7 Å². The molecule has 1 aromatic heterocycles. The lowest BCUT2D eigenvalue weighted by Gasteiger charge is -2.08. The third kappa shape index (κ3) is 3.03. The Morgan fingerprint density at radius 3 is 2.75 bits per heavy atom. The van der Waals surface area contributed by atoms with Crippen LogP contribution in [0.5, 0.6) is 0 Å². The van der Waals surface area contributed by atoms with Crippen LogP contribution in [0.2, 0.25) is 0 Å². The molecular weight excluding hydrogens is 309 g/mol. The number of aromatic nitrogens is 3. The molecule has 1 N–H and O–H groups in total. The highest BCUT2D eigenvalue weighted by Crippen LogP contribution is 2.29. The molecule has 0 aliphatic carbocycles. The molecule has 0 aliphatic heterocycles. The summed E-state index contributed by atoms with van der Waals surface area (Å²) < 4.78 is 18.6. The van der Waals surface area contributed by atoms with Gasteiger partial charge in [0.2, 0.25) is 0 Å². The van der Waals surface area contributed by atoms with Crippen LogP contribution in [0.4, 0.5) is 4.39 Å². The maximum absolute atomic E-state index is 13.6. The topological polar surface area (TPSA) is 67.9 Å². The van der Waals surface area contributed by atoms with Crippen molar-refractivity contribution in [3.63, 3.8) is 0 Å². The quantitative estimate of drug-likeness (QED) is 0.742. The van der Waals surface area contributed by atoms with Crippen molar-refractivity contribution in [2.24, 2.45) is 0 Å². The van der Waals surface area contributed by atoms with Gasteiger partial charge >= 0.3 is 5.97 Å². The number of aryl methyl sites for hydroxylation is 1. The molecular formula is C18H16FN3O2. The molecule has 0 atom stereocenters. The minimum atomic E-state index is -0.534. The fourth-order valence-electron chi connectivity index (χ4n) is 2.51. The van der Waals surface area contributed by atoms with Gasteiger partial charge in [0, 0.05) is 5.56 Å². The van der Waals surface area contributed by atoms with Gasteiger partial charge in [-0.2, -0.15) is 10.3 Å². The Hall–Kier alpha value is -3.02. The van der Waals surface area contributed by atoms with Crippen LogP contribution >= 0.6 is 0 Å². The van der Waals surface area contributed by atoms with E-state index in [-0.39, 0.29) is 18.1 Å². The Kier molecular flexibility index (Phi) is 4.37. The lowest BCUT2D eigenvalue weighted by Crippen LogP contribution is -2.06. The van der Waals surface area contributed by atoms with Crippen LogP contribution in [-0.4, -0.2) is 28.0 Å². The van der Waals surface area contributed by atoms with Gasteiger partial charge in [-0.15, -0.1) is 5.10 Å². The Morgan fingerprint density at radius 2 is 1.96 bits per heavy atom. The lowest BCUT2D eigenvalue weighted by molar-refractivity contribution is 0.0520. The van der Waals surface area contributed by atoms with E-state index in [0.29, 0.717) is 11.3 Å². The van der Waals surface area contributed by atoms with E-state index in [9.17, 15) is 9.18 Å². The van der Waals surface area contributed by atoms with Gasteiger partial charge in [0.25, 0.3) is 0 Å². The summed E-state index contributed by atoms with van der Waals surface area (Å²) in [6, 6.07) is 12.0. The van der Waals surface area contributed by atoms with Crippen molar-refractivity contribution in [1.82, 2.24) is 15.4 Å². The highest BCUT2D eigenvalue weighted by molar-refractivity contribution is 5.94. The van der Waals surface area contributed by atoms with Crippen molar-refractivity contribution in [3.8, 4) is 22.4 Å². The number of hydrogen-bond donors (Lipinski definition) is 1. The van der Waals surface area contributed by atoms with Gasteiger partial charge < -0.3 is 4.74 Å². The van der Waals surface area contributed by atoms with E-state index in [1.54, 1.807) is 13.0 Å². The van der Waals surface area contributed by atoms with E-state index in [4.69, 9.17) is 4.74 Å². The fourth-order valence-corrected chi connectivity index (χ4v) is 2.51. The number of benzene rings is 2. The Morgan fingerprint density at radius 1 is 1.17 bits per heavy atom. The number of carbonyl (C=O) groups excluding carboxylic acids is 1.